The predicted molar refractivity (Wildman–Crippen MR) is 61.4 cm³/mol. The van der Waals surface area contributed by atoms with Crippen molar-refractivity contribution in [2.45, 2.75) is 0 Å². The van der Waals surface area contributed by atoms with Gasteiger partial charge in [-0.25, -0.2) is 0 Å². The zero-order valence-electron chi connectivity index (χ0n) is 9.08. The Balaban J connectivity index is 2.56. The second-order valence-corrected chi connectivity index (χ2v) is 3.57. The Morgan fingerprint density at radius 1 is 1.20 bits per heavy atom. The van der Waals surface area contributed by atoms with Crippen LogP contribution in [0.1, 0.15) is 0 Å². The number of anilines is 2. The van der Waals surface area contributed by atoms with E-state index in [0.717, 1.165) is 13.1 Å². The molecule has 0 aromatic carbocycles. The summed E-state index contributed by atoms with van der Waals surface area (Å²) in [4.78, 5) is 14.0. The molecule has 0 saturated heterocycles. The Morgan fingerprint density at radius 2 is 1.87 bits per heavy atom. The minimum Gasteiger partial charge on any atom is -0.357 e. The minimum atomic E-state index is 0.182. The van der Waals surface area contributed by atoms with Gasteiger partial charge in [0, 0.05) is 20.1 Å². The lowest BCUT2D eigenvalue weighted by Crippen LogP contribution is -2.21. The predicted octanol–water partition coefficient (Wildman–Crippen LogP) is 0.540. The summed E-state index contributed by atoms with van der Waals surface area (Å²) in [5.74, 6) is 0.948. The molecule has 0 unspecified atom stereocenters. The summed E-state index contributed by atoms with van der Waals surface area (Å²) in [6.45, 7) is 1.66. The van der Waals surface area contributed by atoms with E-state index in [1.165, 1.54) is 0 Å². The first-order valence-electron chi connectivity index (χ1n) is 4.59. The maximum absolute atomic E-state index is 5.72. The standard InChI is InChI=1S/C8H15ClN6/c1-10-7-12-6(9)13-8(14-7)11-4-5-15(2)3/h4-5H2,1-3H3,(H2,10,11,12,13,14). The lowest BCUT2D eigenvalue weighted by molar-refractivity contribution is 0.425. The summed E-state index contributed by atoms with van der Waals surface area (Å²) in [5.41, 5.74) is 0. The van der Waals surface area contributed by atoms with E-state index in [1.807, 2.05) is 14.1 Å². The van der Waals surface area contributed by atoms with Crippen LogP contribution in [0.2, 0.25) is 5.28 Å². The number of halogens is 1. The molecule has 1 aromatic heterocycles. The Labute approximate surface area is 94.1 Å². The van der Waals surface area contributed by atoms with Gasteiger partial charge in [0.25, 0.3) is 0 Å². The largest absolute Gasteiger partial charge is 0.357 e. The number of nitrogens with zero attached hydrogens (tertiary/aromatic N) is 4. The molecule has 0 fully saturated rings. The lowest BCUT2D eigenvalue weighted by Gasteiger charge is -2.10. The van der Waals surface area contributed by atoms with Crippen molar-refractivity contribution in [3.05, 3.63) is 5.28 Å². The summed E-state index contributed by atoms with van der Waals surface area (Å²) in [6, 6.07) is 0. The highest BCUT2D eigenvalue weighted by atomic mass is 35.5. The van der Waals surface area contributed by atoms with Crippen LogP contribution in [0.4, 0.5) is 11.9 Å². The average Bonchev–Trinajstić information content (AvgIpc) is 2.16. The van der Waals surface area contributed by atoms with Gasteiger partial charge in [0.1, 0.15) is 0 Å². The second-order valence-electron chi connectivity index (χ2n) is 3.23. The van der Waals surface area contributed by atoms with Crippen LogP contribution >= 0.6 is 11.6 Å². The molecule has 0 aliphatic rings. The van der Waals surface area contributed by atoms with Gasteiger partial charge in [0.2, 0.25) is 17.2 Å². The van der Waals surface area contributed by atoms with Crippen molar-refractivity contribution < 1.29 is 0 Å². The molecule has 7 heteroatoms. The molecule has 6 nitrogen and oxygen atoms in total. The van der Waals surface area contributed by atoms with Crippen LogP contribution in [0, 0.1) is 0 Å². The maximum Gasteiger partial charge on any atom is 0.228 e. The maximum atomic E-state index is 5.72. The second kappa shape index (κ2) is 5.67. The van der Waals surface area contributed by atoms with E-state index in [0.29, 0.717) is 11.9 Å². The number of likely N-dealkylation sites (N-methyl/N-ethyl adjacent to an activating group) is 1. The van der Waals surface area contributed by atoms with Crippen LogP contribution in [0.15, 0.2) is 0 Å². The van der Waals surface area contributed by atoms with Crippen molar-refractivity contribution in [1.29, 1.82) is 0 Å². The molecule has 0 aliphatic carbocycles. The molecular formula is C8H15ClN6. The van der Waals surface area contributed by atoms with Gasteiger partial charge in [-0.3, -0.25) is 0 Å². The van der Waals surface area contributed by atoms with Crippen LogP contribution in [-0.4, -0.2) is 54.1 Å². The summed E-state index contributed by atoms with van der Waals surface area (Å²) in [6.07, 6.45) is 0. The topological polar surface area (TPSA) is 66.0 Å². The molecule has 0 bridgehead atoms. The minimum absolute atomic E-state index is 0.182. The van der Waals surface area contributed by atoms with Crippen molar-refractivity contribution in [2.75, 3.05) is 44.9 Å². The van der Waals surface area contributed by atoms with Gasteiger partial charge in [0.15, 0.2) is 0 Å². The van der Waals surface area contributed by atoms with Crippen LogP contribution < -0.4 is 10.6 Å². The Bertz CT molecular complexity index is 316. The molecule has 0 radical (unpaired) electrons. The molecule has 1 rings (SSSR count). The van der Waals surface area contributed by atoms with E-state index in [9.17, 15) is 0 Å². The third-order valence-corrected chi connectivity index (χ3v) is 1.84. The molecule has 2 N–H and O–H groups in total. The Morgan fingerprint density at radius 3 is 2.47 bits per heavy atom. The van der Waals surface area contributed by atoms with Gasteiger partial charge in [-0.05, 0) is 25.7 Å². The quantitative estimate of drug-likeness (QED) is 0.770. The first-order valence-corrected chi connectivity index (χ1v) is 4.97. The zero-order valence-corrected chi connectivity index (χ0v) is 9.84. The molecule has 15 heavy (non-hydrogen) atoms. The van der Waals surface area contributed by atoms with Gasteiger partial charge >= 0.3 is 0 Å². The number of rotatable bonds is 5. The molecule has 0 saturated carbocycles. The highest BCUT2D eigenvalue weighted by Gasteiger charge is 2.02. The van der Waals surface area contributed by atoms with Gasteiger partial charge in [-0.1, -0.05) is 0 Å². The highest BCUT2D eigenvalue weighted by molar-refractivity contribution is 6.28. The van der Waals surface area contributed by atoms with Gasteiger partial charge in [-0.2, -0.15) is 15.0 Å². The first kappa shape index (κ1) is 11.9. The highest BCUT2D eigenvalue weighted by Crippen LogP contribution is 2.08. The Hall–Kier alpha value is -1.14. The fourth-order valence-corrected chi connectivity index (χ4v) is 1.09. The summed E-state index contributed by atoms with van der Waals surface area (Å²) in [5, 5.41) is 6.06. The number of aromatic nitrogens is 3. The fraction of sp³-hybridized carbons (Fsp3) is 0.625. The van der Waals surface area contributed by atoms with E-state index in [4.69, 9.17) is 11.6 Å². The summed E-state index contributed by atoms with van der Waals surface area (Å²) < 4.78 is 0. The fourth-order valence-electron chi connectivity index (χ4n) is 0.932. The van der Waals surface area contributed by atoms with Crippen LogP contribution in [0.3, 0.4) is 0 Å². The van der Waals surface area contributed by atoms with Crippen LogP contribution in [0.5, 0.6) is 0 Å². The third kappa shape index (κ3) is 4.26. The molecule has 1 aromatic rings. The van der Waals surface area contributed by atoms with Gasteiger partial charge in [0.05, 0.1) is 0 Å². The van der Waals surface area contributed by atoms with E-state index >= 15 is 0 Å². The number of hydrogen-bond donors (Lipinski definition) is 2. The molecule has 0 atom stereocenters. The van der Waals surface area contributed by atoms with Crippen molar-refractivity contribution in [3.63, 3.8) is 0 Å². The van der Waals surface area contributed by atoms with E-state index in [1.54, 1.807) is 7.05 Å². The van der Waals surface area contributed by atoms with Gasteiger partial charge in [-0.15, -0.1) is 0 Å². The van der Waals surface area contributed by atoms with Crippen molar-refractivity contribution >= 4 is 23.5 Å². The smallest absolute Gasteiger partial charge is 0.228 e. The normalized spacial score (nSPS) is 10.5. The number of hydrogen-bond acceptors (Lipinski definition) is 6. The van der Waals surface area contributed by atoms with Crippen molar-refractivity contribution in [3.8, 4) is 0 Å². The van der Waals surface area contributed by atoms with Crippen molar-refractivity contribution in [1.82, 2.24) is 19.9 Å². The van der Waals surface area contributed by atoms with E-state index < -0.39 is 0 Å². The first-order chi connectivity index (χ1) is 7.11. The zero-order chi connectivity index (χ0) is 11.3. The molecule has 0 spiro atoms. The molecule has 0 aliphatic heterocycles. The van der Waals surface area contributed by atoms with Gasteiger partial charge < -0.3 is 15.5 Å². The molecular weight excluding hydrogens is 216 g/mol. The third-order valence-electron chi connectivity index (χ3n) is 1.67. The monoisotopic (exact) mass is 230 g/mol. The average molecular weight is 231 g/mol. The van der Waals surface area contributed by atoms with Crippen LogP contribution in [0.25, 0.3) is 0 Å². The van der Waals surface area contributed by atoms with E-state index in [2.05, 4.69) is 30.5 Å². The summed E-state index contributed by atoms with van der Waals surface area (Å²) >= 11 is 5.72. The Kier molecular flexibility index (Phi) is 4.51. The molecule has 1 heterocycles. The van der Waals surface area contributed by atoms with E-state index in [-0.39, 0.29) is 5.28 Å². The SMILES string of the molecule is CNc1nc(Cl)nc(NCCN(C)C)n1. The number of nitrogens with one attached hydrogen (secondary N) is 2. The molecule has 84 valence electrons. The van der Waals surface area contributed by atoms with Crippen molar-refractivity contribution in [2.24, 2.45) is 0 Å². The summed E-state index contributed by atoms with van der Waals surface area (Å²) in [7, 11) is 5.73. The lowest BCUT2D eigenvalue weighted by atomic mass is 10.6. The molecule has 0 amide bonds. The van der Waals surface area contributed by atoms with Crippen LogP contribution in [-0.2, 0) is 0 Å².